The van der Waals surface area contributed by atoms with Crippen molar-refractivity contribution in [3.05, 3.63) is 46.5 Å². The van der Waals surface area contributed by atoms with Crippen molar-refractivity contribution in [1.29, 1.82) is 5.26 Å². The Kier molecular flexibility index (Phi) is 6.50. The van der Waals surface area contributed by atoms with Crippen LogP contribution in [0.1, 0.15) is 42.8 Å². The van der Waals surface area contributed by atoms with E-state index in [2.05, 4.69) is 16.4 Å². The van der Waals surface area contributed by atoms with Crippen LogP contribution in [0, 0.1) is 18.3 Å². The number of sulfonamides is 1. The lowest BCUT2D eigenvalue weighted by molar-refractivity contribution is 0.286. The summed E-state index contributed by atoms with van der Waals surface area (Å²) in [7, 11) is -1.98. The third-order valence-corrected chi connectivity index (χ3v) is 7.94. The number of aromatic nitrogens is 1. The standard InChI is InChI=1S/C20H24N4O2S2/c1-15-14-27-20(23-15)16(12-21)13-22-18-10-6-7-11-19(18)28(25,26)24(2)17-8-4-3-5-9-17/h6-7,10-11,13-14,17,22H,3-5,8-9H2,1-2H3/b16-13+. The SMILES string of the molecule is Cc1csc(/C(C#N)=C/Nc2ccccc2S(=O)(=O)N(C)C2CCCCC2)n1. The molecule has 0 saturated heterocycles. The van der Waals surface area contributed by atoms with Crippen molar-refractivity contribution < 1.29 is 8.42 Å². The highest BCUT2D eigenvalue weighted by atomic mass is 32.2. The molecule has 3 rings (SSSR count). The van der Waals surface area contributed by atoms with Crippen molar-refractivity contribution in [3.63, 3.8) is 0 Å². The number of allylic oxidation sites excluding steroid dienone is 1. The van der Waals surface area contributed by atoms with Gasteiger partial charge >= 0.3 is 0 Å². The summed E-state index contributed by atoms with van der Waals surface area (Å²) in [6.45, 7) is 1.87. The van der Waals surface area contributed by atoms with Crippen LogP contribution < -0.4 is 5.32 Å². The van der Waals surface area contributed by atoms with E-state index >= 15 is 0 Å². The normalized spacial score (nSPS) is 16.1. The third kappa shape index (κ3) is 4.43. The lowest BCUT2D eigenvalue weighted by atomic mass is 9.96. The van der Waals surface area contributed by atoms with E-state index in [-0.39, 0.29) is 10.9 Å². The van der Waals surface area contributed by atoms with Crippen LogP contribution in [0.25, 0.3) is 5.57 Å². The average molecular weight is 417 g/mol. The summed E-state index contributed by atoms with van der Waals surface area (Å²) in [5, 5.41) is 14.9. The Morgan fingerprint density at radius 1 is 1.32 bits per heavy atom. The molecular formula is C20H24N4O2S2. The molecule has 0 amide bonds. The maximum atomic E-state index is 13.2. The molecule has 8 heteroatoms. The molecule has 0 atom stereocenters. The zero-order valence-corrected chi connectivity index (χ0v) is 17.7. The minimum absolute atomic E-state index is 0.0373. The van der Waals surface area contributed by atoms with Gasteiger partial charge < -0.3 is 5.32 Å². The molecule has 0 spiro atoms. The van der Waals surface area contributed by atoms with E-state index in [1.807, 2.05) is 12.3 Å². The van der Waals surface area contributed by atoms with Crippen LogP contribution in [0.2, 0.25) is 0 Å². The molecule has 1 heterocycles. The van der Waals surface area contributed by atoms with Crippen LogP contribution in [0.15, 0.2) is 40.7 Å². The molecule has 0 radical (unpaired) electrons. The summed E-state index contributed by atoms with van der Waals surface area (Å²) >= 11 is 1.38. The fourth-order valence-corrected chi connectivity index (χ4v) is 5.71. The molecule has 1 N–H and O–H groups in total. The van der Waals surface area contributed by atoms with Gasteiger partial charge in [-0.3, -0.25) is 0 Å². The molecule has 2 aromatic rings. The van der Waals surface area contributed by atoms with Gasteiger partial charge in [-0.1, -0.05) is 31.4 Å². The minimum Gasteiger partial charge on any atom is -0.359 e. The molecule has 6 nitrogen and oxygen atoms in total. The third-order valence-electron chi connectivity index (χ3n) is 4.97. The molecule has 1 saturated carbocycles. The molecule has 1 aromatic heterocycles. The van der Waals surface area contributed by atoms with Gasteiger partial charge in [-0.2, -0.15) is 9.57 Å². The van der Waals surface area contributed by atoms with Crippen LogP contribution in [0.4, 0.5) is 5.69 Å². The number of thiazole rings is 1. The molecule has 148 valence electrons. The number of nitriles is 1. The van der Waals surface area contributed by atoms with E-state index in [4.69, 9.17) is 0 Å². The topological polar surface area (TPSA) is 86.1 Å². The molecule has 1 aromatic carbocycles. The second kappa shape index (κ2) is 8.86. The summed E-state index contributed by atoms with van der Waals surface area (Å²) in [5.74, 6) is 0. The summed E-state index contributed by atoms with van der Waals surface area (Å²) in [5.41, 5.74) is 1.66. The fourth-order valence-electron chi connectivity index (χ4n) is 3.38. The van der Waals surface area contributed by atoms with E-state index in [1.165, 1.54) is 28.3 Å². The highest BCUT2D eigenvalue weighted by Crippen LogP contribution is 2.30. The Morgan fingerprint density at radius 2 is 2.04 bits per heavy atom. The molecule has 1 aliphatic carbocycles. The van der Waals surface area contributed by atoms with Crippen LogP contribution >= 0.6 is 11.3 Å². The number of anilines is 1. The first kappa shape index (κ1) is 20.5. The molecule has 28 heavy (non-hydrogen) atoms. The molecule has 1 aliphatic rings. The first-order valence-electron chi connectivity index (χ1n) is 9.30. The Bertz CT molecular complexity index is 999. The maximum Gasteiger partial charge on any atom is 0.245 e. The van der Waals surface area contributed by atoms with Crippen LogP contribution in [0.3, 0.4) is 0 Å². The zero-order valence-electron chi connectivity index (χ0n) is 16.1. The molecule has 1 fully saturated rings. The van der Waals surface area contributed by atoms with E-state index < -0.39 is 10.0 Å². The number of aryl methyl sites for hydroxylation is 1. The summed E-state index contributed by atoms with van der Waals surface area (Å²) in [6.07, 6.45) is 6.60. The predicted molar refractivity (Wildman–Crippen MR) is 112 cm³/mol. The Hall–Kier alpha value is -2.21. The van der Waals surface area contributed by atoms with Crippen molar-refractivity contribution >= 4 is 32.6 Å². The maximum absolute atomic E-state index is 13.2. The van der Waals surface area contributed by atoms with Gasteiger partial charge in [-0.25, -0.2) is 13.4 Å². The number of hydrogen-bond donors (Lipinski definition) is 1. The summed E-state index contributed by atoms with van der Waals surface area (Å²) < 4.78 is 28.0. The first-order valence-corrected chi connectivity index (χ1v) is 11.6. The molecule has 0 unspecified atom stereocenters. The Balaban J connectivity index is 1.88. The largest absolute Gasteiger partial charge is 0.359 e. The fraction of sp³-hybridized carbons (Fsp3) is 0.400. The summed E-state index contributed by atoms with van der Waals surface area (Å²) in [4.78, 5) is 4.53. The number of benzene rings is 1. The monoisotopic (exact) mass is 416 g/mol. The van der Waals surface area contributed by atoms with Gasteiger partial charge in [0.15, 0.2) is 0 Å². The van der Waals surface area contributed by atoms with Gasteiger partial charge in [-0.05, 0) is 31.9 Å². The number of hydrogen-bond acceptors (Lipinski definition) is 6. The van der Waals surface area contributed by atoms with Crippen LogP contribution in [-0.2, 0) is 10.0 Å². The van der Waals surface area contributed by atoms with E-state index in [1.54, 1.807) is 31.3 Å². The van der Waals surface area contributed by atoms with Gasteiger partial charge in [0.2, 0.25) is 10.0 Å². The van der Waals surface area contributed by atoms with Gasteiger partial charge in [0.25, 0.3) is 0 Å². The Labute approximate surface area is 170 Å². The smallest absolute Gasteiger partial charge is 0.245 e. The number of nitrogens with zero attached hydrogens (tertiary/aromatic N) is 3. The lowest BCUT2D eigenvalue weighted by Gasteiger charge is -2.30. The van der Waals surface area contributed by atoms with Crippen LogP contribution in [0.5, 0.6) is 0 Å². The highest BCUT2D eigenvalue weighted by molar-refractivity contribution is 7.89. The van der Waals surface area contributed by atoms with Gasteiger partial charge in [0.05, 0.1) is 5.69 Å². The lowest BCUT2D eigenvalue weighted by Crippen LogP contribution is -2.38. The number of para-hydroxylation sites is 1. The van der Waals surface area contributed by atoms with E-state index in [0.717, 1.165) is 31.4 Å². The second-order valence-corrected chi connectivity index (χ2v) is 9.74. The van der Waals surface area contributed by atoms with Gasteiger partial charge in [0, 0.05) is 30.4 Å². The van der Waals surface area contributed by atoms with Crippen LogP contribution in [-0.4, -0.2) is 30.8 Å². The molecule has 0 bridgehead atoms. The second-order valence-electron chi connectivity index (χ2n) is 6.92. The number of nitrogens with one attached hydrogen (secondary N) is 1. The van der Waals surface area contributed by atoms with E-state index in [0.29, 0.717) is 16.3 Å². The Morgan fingerprint density at radius 3 is 2.68 bits per heavy atom. The van der Waals surface area contributed by atoms with Crippen molar-refractivity contribution in [3.8, 4) is 6.07 Å². The van der Waals surface area contributed by atoms with Crippen molar-refractivity contribution in [2.24, 2.45) is 0 Å². The van der Waals surface area contributed by atoms with E-state index in [9.17, 15) is 13.7 Å². The van der Waals surface area contributed by atoms with Crippen molar-refractivity contribution in [1.82, 2.24) is 9.29 Å². The van der Waals surface area contributed by atoms with Crippen molar-refractivity contribution in [2.45, 2.75) is 50.0 Å². The van der Waals surface area contributed by atoms with Gasteiger partial charge in [-0.15, -0.1) is 11.3 Å². The highest BCUT2D eigenvalue weighted by Gasteiger charge is 2.30. The zero-order chi connectivity index (χ0) is 20.1. The summed E-state index contributed by atoms with van der Waals surface area (Å²) in [6, 6.07) is 8.96. The van der Waals surface area contributed by atoms with Crippen molar-refractivity contribution in [2.75, 3.05) is 12.4 Å². The molecular weight excluding hydrogens is 392 g/mol. The van der Waals surface area contributed by atoms with Gasteiger partial charge in [0.1, 0.15) is 21.5 Å². The number of rotatable bonds is 6. The quantitative estimate of drug-likeness (QED) is 0.706. The predicted octanol–water partition coefficient (Wildman–Crippen LogP) is 4.38. The first-order chi connectivity index (χ1) is 13.4. The minimum atomic E-state index is -3.64. The molecule has 0 aliphatic heterocycles. The average Bonchev–Trinajstić information content (AvgIpc) is 3.15.